The summed E-state index contributed by atoms with van der Waals surface area (Å²) in [5.41, 5.74) is 4.15. The number of rotatable bonds is 3. The molecule has 5 rings (SSSR count). The third-order valence-electron chi connectivity index (χ3n) is 5.03. The van der Waals surface area contributed by atoms with E-state index in [0.717, 1.165) is 11.1 Å². The summed E-state index contributed by atoms with van der Waals surface area (Å²) in [7, 11) is 0. The first-order chi connectivity index (χ1) is 15.4. The average molecular weight is 466 g/mol. The summed E-state index contributed by atoms with van der Waals surface area (Å²) in [5, 5.41) is 3.93. The van der Waals surface area contributed by atoms with Crippen LogP contribution < -0.4 is 10.9 Å². The first-order valence-corrected chi connectivity index (χ1v) is 11.0. The van der Waals surface area contributed by atoms with Crippen molar-refractivity contribution in [1.82, 2.24) is 4.98 Å². The van der Waals surface area contributed by atoms with Crippen LogP contribution in [0.25, 0.3) is 22.0 Å². The lowest BCUT2D eigenvalue weighted by molar-refractivity contribution is 0.104. The van der Waals surface area contributed by atoms with Crippen molar-refractivity contribution in [3.8, 4) is 11.1 Å². The monoisotopic (exact) mass is 466 g/mol. The van der Waals surface area contributed by atoms with Crippen LogP contribution in [0.5, 0.6) is 0 Å². The standard InChI is InChI=1S/C22H14N2O4S.O2S/c25-19-11-16-14-3-1-2-4-15(14)22(26)21-18(10-9-17(24-19)20(16)21)23-12-5-7-13(8-6-12)29(27)28;1-3-2/h1-11,23H,(H,24,25)(H,27,28);. The van der Waals surface area contributed by atoms with E-state index in [0.29, 0.717) is 38.3 Å². The number of carbonyl (C=O) groups is 1. The van der Waals surface area contributed by atoms with Crippen LogP contribution in [0.4, 0.5) is 11.4 Å². The molecule has 3 aromatic carbocycles. The van der Waals surface area contributed by atoms with Gasteiger partial charge in [0.1, 0.15) is 0 Å². The van der Waals surface area contributed by atoms with Gasteiger partial charge in [0.2, 0.25) is 5.56 Å². The summed E-state index contributed by atoms with van der Waals surface area (Å²) < 4.78 is 36.9. The lowest BCUT2D eigenvalue weighted by Gasteiger charge is -2.22. The zero-order chi connectivity index (χ0) is 22.8. The number of hydrogen-bond donors (Lipinski definition) is 3. The van der Waals surface area contributed by atoms with E-state index in [1.54, 1.807) is 48.5 Å². The highest BCUT2D eigenvalue weighted by atomic mass is 32.2. The van der Waals surface area contributed by atoms with E-state index in [4.69, 9.17) is 8.42 Å². The predicted octanol–water partition coefficient (Wildman–Crippen LogP) is 3.39. The van der Waals surface area contributed by atoms with Crippen molar-refractivity contribution < 1.29 is 22.0 Å². The van der Waals surface area contributed by atoms with Gasteiger partial charge < -0.3 is 14.9 Å². The molecule has 0 bridgehead atoms. The minimum atomic E-state index is -2.05. The minimum absolute atomic E-state index is 0.124. The van der Waals surface area contributed by atoms with Crippen LogP contribution in [-0.2, 0) is 22.7 Å². The number of pyridine rings is 1. The summed E-state index contributed by atoms with van der Waals surface area (Å²) in [6.07, 6.45) is 0. The fourth-order valence-corrected chi connectivity index (χ4v) is 4.14. The van der Waals surface area contributed by atoms with Crippen LogP contribution >= 0.6 is 0 Å². The summed E-state index contributed by atoms with van der Waals surface area (Å²) >= 11 is -2.80. The molecule has 0 amide bonds. The van der Waals surface area contributed by atoms with Crippen LogP contribution in [0.3, 0.4) is 0 Å². The Bertz CT molecular complexity index is 1490. The van der Waals surface area contributed by atoms with Crippen molar-refractivity contribution in [1.29, 1.82) is 0 Å². The van der Waals surface area contributed by atoms with Crippen LogP contribution in [-0.4, -0.2) is 27.9 Å². The van der Waals surface area contributed by atoms with E-state index >= 15 is 0 Å². The molecule has 4 aromatic rings. The maximum Gasteiger partial charge on any atom is 0.335 e. The number of aromatic nitrogens is 1. The zero-order valence-corrected chi connectivity index (χ0v) is 17.8. The largest absolute Gasteiger partial charge is 0.355 e. The number of carbonyl (C=O) groups excluding carboxylic acids is 1. The van der Waals surface area contributed by atoms with Gasteiger partial charge in [0.05, 0.1) is 16.1 Å². The molecular formula is C22H14N2O6S2. The van der Waals surface area contributed by atoms with Crippen LogP contribution in [0.2, 0.25) is 0 Å². The van der Waals surface area contributed by atoms with Gasteiger partial charge in [0.15, 0.2) is 16.9 Å². The third-order valence-corrected chi connectivity index (χ3v) is 5.71. The number of aromatic amines is 1. The third kappa shape index (κ3) is 3.82. The van der Waals surface area contributed by atoms with Crippen molar-refractivity contribution in [2.24, 2.45) is 0 Å². The fourth-order valence-electron chi connectivity index (χ4n) is 3.77. The molecule has 160 valence electrons. The van der Waals surface area contributed by atoms with Gasteiger partial charge in [0.25, 0.3) is 0 Å². The SMILES string of the molecule is O=C1c2ccccc2-c2cc(=O)[nH]c3ccc(Nc4ccc(S(=O)O)cc4)c1c23.O=S=O. The number of hydrogen-bond acceptors (Lipinski definition) is 6. The molecule has 0 saturated heterocycles. The molecule has 3 N–H and O–H groups in total. The summed E-state index contributed by atoms with van der Waals surface area (Å²) in [5.74, 6) is -0.124. The average Bonchev–Trinajstić information content (AvgIpc) is 2.78. The molecule has 10 heteroatoms. The highest BCUT2D eigenvalue weighted by Crippen LogP contribution is 2.41. The highest BCUT2D eigenvalue weighted by Gasteiger charge is 2.28. The van der Waals surface area contributed by atoms with Gasteiger partial charge in [-0.05, 0) is 47.5 Å². The molecule has 0 radical (unpaired) electrons. The van der Waals surface area contributed by atoms with Gasteiger partial charge in [0, 0.05) is 28.2 Å². The van der Waals surface area contributed by atoms with Crippen molar-refractivity contribution in [3.63, 3.8) is 0 Å². The highest BCUT2D eigenvalue weighted by molar-refractivity contribution is 7.79. The van der Waals surface area contributed by atoms with Crippen molar-refractivity contribution in [2.45, 2.75) is 4.90 Å². The smallest absolute Gasteiger partial charge is 0.335 e. The molecule has 1 aromatic heterocycles. The molecule has 1 aliphatic carbocycles. The molecule has 0 saturated carbocycles. The van der Waals surface area contributed by atoms with E-state index in [1.807, 2.05) is 12.1 Å². The fraction of sp³-hybridized carbons (Fsp3) is 0. The molecule has 32 heavy (non-hydrogen) atoms. The van der Waals surface area contributed by atoms with Gasteiger partial charge in [-0.25, -0.2) is 4.21 Å². The maximum atomic E-state index is 13.3. The number of nitrogens with one attached hydrogen (secondary N) is 2. The Morgan fingerprint density at radius 2 is 1.53 bits per heavy atom. The second-order valence-corrected chi connectivity index (χ2v) is 7.91. The molecule has 0 aliphatic heterocycles. The van der Waals surface area contributed by atoms with Crippen molar-refractivity contribution >= 4 is 50.7 Å². The van der Waals surface area contributed by atoms with E-state index in [-0.39, 0.29) is 11.3 Å². The lowest BCUT2D eigenvalue weighted by atomic mass is 9.83. The maximum absolute atomic E-state index is 13.3. The molecule has 0 spiro atoms. The normalized spacial score (nSPS) is 12.3. The predicted molar refractivity (Wildman–Crippen MR) is 121 cm³/mol. The number of H-pyrrole nitrogens is 1. The van der Waals surface area contributed by atoms with Gasteiger partial charge in [-0.1, -0.05) is 24.3 Å². The van der Waals surface area contributed by atoms with Gasteiger partial charge in [-0.3, -0.25) is 9.59 Å². The Morgan fingerprint density at radius 1 is 0.875 bits per heavy atom. The summed E-state index contributed by atoms with van der Waals surface area (Å²) in [4.78, 5) is 28.6. The zero-order valence-electron chi connectivity index (χ0n) is 16.2. The van der Waals surface area contributed by atoms with Crippen LogP contribution in [0.15, 0.2) is 76.4 Å². The Kier molecular flexibility index (Phi) is 5.91. The van der Waals surface area contributed by atoms with Crippen LogP contribution in [0.1, 0.15) is 15.9 Å². The molecule has 8 nitrogen and oxygen atoms in total. The molecule has 1 unspecified atom stereocenters. The van der Waals surface area contributed by atoms with Gasteiger partial charge >= 0.3 is 11.6 Å². The summed E-state index contributed by atoms with van der Waals surface area (Å²) in [6.45, 7) is 0. The lowest BCUT2D eigenvalue weighted by Crippen LogP contribution is -2.16. The van der Waals surface area contributed by atoms with Crippen molar-refractivity contribution in [3.05, 3.63) is 88.2 Å². The Hall–Kier alpha value is -3.73. The van der Waals surface area contributed by atoms with E-state index in [2.05, 4.69) is 10.3 Å². The van der Waals surface area contributed by atoms with Gasteiger partial charge in [-0.15, -0.1) is 0 Å². The Labute approximate surface area is 187 Å². The van der Waals surface area contributed by atoms with E-state index in [9.17, 15) is 18.4 Å². The van der Waals surface area contributed by atoms with Crippen LogP contribution in [0, 0.1) is 0 Å². The quantitative estimate of drug-likeness (QED) is 0.347. The van der Waals surface area contributed by atoms with E-state index < -0.39 is 22.7 Å². The Balaban J connectivity index is 0.000000775. The molecule has 1 heterocycles. The molecule has 1 aliphatic rings. The van der Waals surface area contributed by atoms with Crippen molar-refractivity contribution in [2.75, 3.05) is 5.32 Å². The van der Waals surface area contributed by atoms with E-state index in [1.165, 1.54) is 6.07 Å². The summed E-state index contributed by atoms with van der Waals surface area (Å²) in [6, 6.07) is 18.7. The minimum Gasteiger partial charge on any atom is -0.355 e. The number of benzene rings is 3. The topological polar surface area (TPSA) is 133 Å². The Morgan fingerprint density at radius 3 is 2.19 bits per heavy atom. The molecular weight excluding hydrogens is 452 g/mol. The second-order valence-electron chi connectivity index (χ2n) is 6.80. The number of fused-ring (bicyclic) bond motifs is 2. The second kappa shape index (κ2) is 8.79. The number of anilines is 2. The molecule has 0 fully saturated rings. The molecule has 1 atom stereocenters. The number of ketones is 1. The first-order valence-electron chi connectivity index (χ1n) is 9.18. The first kappa shape index (κ1) is 21.5. The van der Waals surface area contributed by atoms with Gasteiger partial charge in [-0.2, -0.15) is 8.42 Å².